The van der Waals surface area contributed by atoms with Crippen LogP contribution in [-0.4, -0.2) is 26.5 Å². The molecule has 0 aliphatic carbocycles. The summed E-state index contributed by atoms with van der Waals surface area (Å²) in [5.74, 6) is 4.58. The van der Waals surface area contributed by atoms with E-state index in [1.807, 2.05) is 0 Å². The molecule has 0 bridgehead atoms. The van der Waals surface area contributed by atoms with Gasteiger partial charge in [-0.15, -0.1) is 0 Å². The SMILES string of the molecule is O=C(NCc1cccc(C(=O)O)c1)NCc1nc2ccccn2c1C#Cc1cccc(C(F)(F)F)c1. The number of nitrogens with one attached hydrogen (secondary N) is 2. The van der Waals surface area contributed by atoms with Gasteiger partial charge in [-0.25, -0.2) is 14.6 Å². The van der Waals surface area contributed by atoms with Gasteiger partial charge in [-0.2, -0.15) is 13.2 Å². The smallest absolute Gasteiger partial charge is 0.416 e. The van der Waals surface area contributed by atoms with E-state index in [2.05, 4.69) is 27.5 Å². The van der Waals surface area contributed by atoms with Crippen molar-refractivity contribution in [3.63, 3.8) is 0 Å². The van der Waals surface area contributed by atoms with Crippen LogP contribution in [0.3, 0.4) is 0 Å². The van der Waals surface area contributed by atoms with Crippen molar-refractivity contribution in [2.45, 2.75) is 19.3 Å². The Bertz CT molecular complexity index is 1500. The summed E-state index contributed by atoms with van der Waals surface area (Å²) in [7, 11) is 0. The summed E-state index contributed by atoms with van der Waals surface area (Å²) in [6, 6.07) is 15.7. The lowest BCUT2D eigenvalue weighted by atomic mass is 10.1. The number of urea groups is 1. The molecule has 4 aromatic rings. The second kappa shape index (κ2) is 10.2. The predicted octanol–water partition coefficient (Wildman–Crippen LogP) is 4.45. The van der Waals surface area contributed by atoms with E-state index in [0.29, 0.717) is 22.6 Å². The van der Waals surface area contributed by atoms with E-state index in [-0.39, 0.29) is 24.2 Å². The predicted molar refractivity (Wildman–Crippen MR) is 125 cm³/mol. The summed E-state index contributed by atoms with van der Waals surface area (Å²) in [4.78, 5) is 27.9. The summed E-state index contributed by atoms with van der Waals surface area (Å²) in [6.07, 6.45) is -2.75. The molecular formula is C26H19F3N4O3. The number of halogens is 3. The van der Waals surface area contributed by atoms with Crippen LogP contribution in [0, 0.1) is 11.8 Å². The lowest BCUT2D eigenvalue weighted by Gasteiger charge is -2.08. The minimum atomic E-state index is -4.47. The molecule has 182 valence electrons. The third kappa shape index (κ3) is 5.82. The molecule has 0 spiro atoms. The van der Waals surface area contributed by atoms with Crippen LogP contribution in [0.25, 0.3) is 5.65 Å². The number of imidazole rings is 1. The molecule has 2 amide bonds. The summed E-state index contributed by atoms with van der Waals surface area (Å²) in [5, 5.41) is 14.4. The van der Waals surface area contributed by atoms with E-state index in [0.717, 1.165) is 12.1 Å². The van der Waals surface area contributed by atoms with E-state index in [9.17, 15) is 22.8 Å². The highest BCUT2D eigenvalue weighted by atomic mass is 19.4. The van der Waals surface area contributed by atoms with Crippen LogP contribution in [0.15, 0.2) is 72.9 Å². The topological polar surface area (TPSA) is 95.7 Å². The highest BCUT2D eigenvalue weighted by Crippen LogP contribution is 2.29. The first-order valence-corrected chi connectivity index (χ1v) is 10.7. The molecular weight excluding hydrogens is 473 g/mol. The number of alkyl halides is 3. The fourth-order valence-electron chi connectivity index (χ4n) is 3.43. The molecule has 0 saturated carbocycles. The van der Waals surface area contributed by atoms with Gasteiger partial charge in [-0.3, -0.25) is 4.40 Å². The average Bonchev–Trinajstić information content (AvgIpc) is 3.22. The molecule has 0 saturated heterocycles. The van der Waals surface area contributed by atoms with E-state index >= 15 is 0 Å². The largest absolute Gasteiger partial charge is 0.478 e. The fourth-order valence-corrected chi connectivity index (χ4v) is 3.43. The van der Waals surface area contributed by atoms with E-state index in [4.69, 9.17) is 5.11 Å². The molecule has 0 aliphatic rings. The number of hydrogen-bond donors (Lipinski definition) is 3. The fraction of sp³-hybridized carbons (Fsp3) is 0.115. The third-order valence-corrected chi connectivity index (χ3v) is 5.16. The maximum atomic E-state index is 13.0. The normalized spacial score (nSPS) is 11.0. The Morgan fingerprint density at radius 3 is 2.50 bits per heavy atom. The van der Waals surface area contributed by atoms with Crippen molar-refractivity contribution in [2.24, 2.45) is 0 Å². The van der Waals surface area contributed by atoms with Gasteiger partial charge in [0, 0.05) is 18.3 Å². The van der Waals surface area contributed by atoms with Crippen LogP contribution < -0.4 is 10.6 Å². The molecule has 0 unspecified atom stereocenters. The highest BCUT2D eigenvalue weighted by molar-refractivity contribution is 5.87. The molecule has 2 aromatic heterocycles. The number of carboxylic acids is 1. The standard InChI is InChI=1S/C26H19F3N4O3/c27-26(28,29)20-8-4-5-17(14-20)10-11-22-21(32-23-9-1-2-12-33(22)23)16-31-25(36)30-15-18-6-3-7-19(13-18)24(34)35/h1-9,12-14H,15-16H2,(H,34,35)(H2,30,31,36). The van der Waals surface area contributed by atoms with Crippen molar-refractivity contribution < 1.29 is 27.9 Å². The number of aromatic carboxylic acids is 1. The van der Waals surface area contributed by atoms with Gasteiger partial charge < -0.3 is 15.7 Å². The molecule has 0 aliphatic heterocycles. The summed E-state index contributed by atoms with van der Waals surface area (Å²) in [5.41, 5.74) is 1.55. The molecule has 0 radical (unpaired) electrons. The number of pyridine rings is 1. The van der Waals surface area contributed by atoms with Crippen molar-refractivity contribution in [2.75, 3.05) is 0 Å². The number of amides is 2. The summed E-state index contributed by atoms with van der Waals surface area (Å²) >= 11 is 0. The van der Waals surface area contributed by atoms with Crippen LogP contribution in [-0.2, 0) is 19.3 Å². The number of rotatable bonds is 5. The van der Waals surface area contributed by atoms with Gasteiger partial charge in [-0.05, 0) is 53.9 Å². The van der Waals surface area contributed by atoms with E-state index in [1.54, 1.807) is 40.9 Å². The lowest BCUT2D eigenvalue weighted by molar-refractivity contribution is -0.137. The first-order chi connectivity index (χ1) is 17.2. The Labute approximate surface area is 203 Å². The minimum Gasteiger partial charge on any atom is -0.478 e. The van der Waals surface area contributed by atoms with Crippen LogP contribution in [0.1, 0.15) is 38.4 Å². The Balaban J connectivity index is 1.50. The number of fused-ring (bicyclic) bond motifs is 1. The Hall–Kier alpha value is -4.78. The second-order valence-electron chi connectivity index (χ2n) is 7.71. The summed E-state index contributed by atoms with van der Waals surface area (Å²) < 4.78 is 40.8. The number of benzene rings is 2. The zero-order valence-corrected chi connectivity index (χ0v) is 18.6. The Morgan fingerprint density at radius 1 is 0.944 bits per heavy atom. The van der Waals surface area contributed by atoms with Gasteiger partial charge in [0.25, 0.3) is 0 Å². The van der Waals surface area contributed by atoms with Crippen molar-refractivity contribution in [1.29, 1.82) is 0 Å². The first kappa shape index (κ1) is 24.3. The quantitative estimate of drug-likeness (QED) is 0.359. The highest BCUT2D eigenvalue weighted by Gasteiger charge is 2.30. The molecule has 2 heterocycles. The number of carboxylic acid groups (broad SMARTS) is 1. The van der Waals surface area contributed by atoms with Gasteiger partial charge in [0.2, 0.25) is 0 Å². The third-order valence-electron chi connectivity index (χ3n) is 5.16. The average molecular weight is 492 g/mol. The van der Waals surface area contributed by atoms with E-state index < -0.39 is 23.7 Å². The molecule has 36 heavy (non-hydrogen) atoms. The molecule has 10 heteroatoms. The van der Waals surface area contributed by atoms with Crippen LogP contribution in [0.4, 0.5) is 18.0 Å². The van der Waals surface area contributed by atoms with Crippen molar-refractivity contribution in [3.05, 3.63) is 107 Å². The van der Waals surface area contributed by atoms with Crippen molar-refractivity contribution in [1.82, 2.24) is 20.0 Å². The molecule has 7 nitrogen and oxygen atoms in total. The number of aromatic nitrogens is 2. The van der Waals surface area contributed by atoms with Crippen LogP contribution >= 0.6 is 0 Å². The van der Waals surface area contributed by atoms with E-state index in [1.165, 1.54) is 24.3 Å². The van der Waals surface area contributed by atoms with Crippen LogP contribution in [0.5, 0.6) is 0 Å². The lowest BCUT2D eigenvalue weighted by Crippen LogP contribution is -2.34. The monoisotopic (exact) mass is 492 g/mol. The molecule has 0 fully saturated rings. The second-order valence-corrected chi connectivity index (χ2v) is 7.71. The van der Waals surface area contributed by atoms with Gasteiger partial charge in [0.1, 0.15) is 11.3 Å². The Kier molecular flexibility index (Phi) is 6.92. The molecule has 2 aromatic carbocycles. The molecule has 4 rings (SSSR count). The van der Waals surface area contributed by atoms with Gasteiger partial charge in [0.05, 0.1) is 23.4 Å². The van der Waals surface area contributed by atoms with Crippen molar-refractivity contribution in [3.8, 4) is 11.8 Å². The van der Waals surface area contributed by atoms with Gasteiger partial charge in [0.15, 0.2) is 0 Å². The molecule has 0 atom stereocenters. The summed E-state index contributed by atoms with van der Waals surface area (Å²) in [6.45, 7) is 0.121. The maximum absolute atomic E-state index is 13.0. The number of hydrogen-bond acceptors (Lipinski definition) is 3. The van der Waals surface area contributed by atoms with Crippen molar-refractivity contribution >= 4 is 17.6 Å². The number of carbonyl (C=O) groups excluding carboxylic acids is 1. The van der Waals surface area contributed by atoms with Crippen LogP contribution in [0.2, 0.25) is 0 Å². The maximum Gasteiger partial charge on any atom is 0.416 e. The number of carbonyl (C=O) groups is 2. The number of nitrogens with zero attached hydrogens (tertiary/aromatic N) is 2. The first-order valence-electron chi connectivity index (χ1n) is 10.7. The Morgan fingerprint density at radius 2 is 1.72 bits per heavy atom. The van der Waals surface area contributed by atoms with Gasteiger partial charge in [-0.1, -0.05) is 30.2 Å². The molecule has 3 N–H and O–H groups in total. The zero-order valence-electron chi connectivity index (χ0n) is 18.6. The minimum absolute atomic E-state index is 0.00921. The zero-order chi connectivity index (χ0) is 25.7. The van der Waals surface area contributed by atoms with Gasteiger partial charge >= 0.3 is 18.2 Å².